The second-order valence-electron chi connectivity index (χ2n) is 9.63. The van der Waals surface area contributed by atoms with Crippen LogP contribution in [0.5, 0.6) is 5.75 Å². The van der Waals surface area contributed by atoms with Crippen molar-refractivity contribution in [1.29, 1.82) is 0 Å². The van der Waals surface area contributed by atoms with Crippen LogP contribution >= 0.6 is 11.3 Å². The second-order valence-corrected chi connectivity index (χ2v) is 10.6. The number of thiazole rings is 1. The van der Waals surface area contributed by atoms with Crippen molar-refractivity contribution in [3.63, 3.8) is 0 Å². The number of allylic oxidation sites excluding steroid dienone is 1. The maximum absolute atomic E-state index is 14.0. The van der Waals surface area contributed by atoms with Gasteiger partial charge in [-0.05, 0) is 62.9 Å². The zero-order valence-corrected chi connectivity index (χ0v) is 23.4. The molecule has 40 heavy (non-hydrogen) atoms. The van der Waals surface area contributed by atoms with E-state index in [0.717, 1.165) is 38.0 Å². The first-order valence-corrected chi connectivity index (χ1v) is 14.0. The van der Waals surface area contributed by atoms with Gasteiger partial charge < -0.3 is 14.4 Å². The van der Waals surface area contributed by atoms with E-state index in [0.29, 0.717) is 31.9 Å². The average Bonchev–Trinajstić information content (AvgIpc) is 3.26. The Kier molecular flexibility index (Phi) is 7.83. The monoisotopic (exact) mass is 562 g/mol. The molecule has 0 N–H and O–H groups in total. The van der Waals surface area contributed by atoms with Gasteiger partial charge in [0.05, 0.1) is 40.5 Å². The number of rotatable bonds is 7. The lowest BCUT2D eigenvalue weighted by atomic mass is 9.95. The number of esters is 1. The summed E-state index contributed by atoms with van der Waals surface area (Å²) in [4.78, 5) is 45.6. The molecule has 0 unspecified atom stereocenters. The molecule has 0 radical (unpaired) electrons. The Morgan fingerprint density at radius 3 is 2.67 bits per heavy atom. The highest BCUT2D eigenvalue weighted by Gasteiger charge is 2.33. The fourth-order valence-corrected chi connectivity index (χ4v) is 6.29. The number of nitro groups is 1. The number of nitro benzene ring substituents is 1. The molecule has 0 spiro atoms. The zero-order valence-electron chi connectivity index (χ0n) is 22.6. The number of fused-ring (bicyclic) bond motifs is 1. The number of benzene rings is 2. The highest BCUT2D eigenvalue weighted by molar-refractivity contribution is 7.07. The minimum absolute atomic E-state index is 0.0468. The van der Waals surface area contributed by atoms with Crippen LogP contribution in [0.3, 0.4) is 0 Å². The smallest absolute Gasteiger partial charge is 0.338 e. The summed E-state index contributed by atoms with van der Waals surface area (Å²) in [6.45, 7) is 5.32. The summed E-state index contributed by atoms with van der Waals surface area (Å²) in [7, 11) is 1.55. The highest BCUT2D eigenvalue weighted by atomic mass is 32.1. The Hall–Kier alpha value is -4.25. The molecule has 5 rings (SSSR count). The van der Waals surface area contributed by atoms with Crippen LogP contribution < -0.4 is 24.5 Å². The normalized spacial score (nSPS) is 17.3. The van der Waals surface area contributed by atoms with Gasteiger partial charge in [-0.3, -0.25) is 19.5 Å². The second kappa shape index (κ2) is 11.5. The zero-order chi connectivity index (χ0) is 28.4. The number of aromatic nitrogens is 1. The molecule has 1 aromatic heterocycles. The number of carbonyl (C=O) groups excluding carboxylic acids is 1. The Labute approximate surface area is 234 Å². The number of hydrogen-bond acceptors (Lipinski definition) is 9. The van der Waals surface area contributed by atoms with E-state index in [1.54, 1.807) is 51.3 Å². The van der Waals surface area contributed by atoms with Crippen molar-refractivity contribution in [2.45, 2.75) is 39.2 Å². The van der Waals surface area contributed by atoms with E-state index in [2.05, 4.69) is 9.89 Å². The van der Waals surface area contributed by atoms with E-state index in [1.807, 2.05) is 6.07 Å². The Morgan fingerprint density at radius 2 is 1.98 bits per heavy atom. The number of hydrogen-bond donors (Lipinski definition) is 0. The lowest BCUT2D eigenvalue weighted by molar-refractivity contribution is -0.384. The molecule has 1 saturated heterocycles. The fourth-order valence-electron chi connectivity index (χ4n) is 5.25. The SMILES string of the molecule is CCOC(=O)C1=C(C)N=c2s/c(=C/c3cc([N+](=O)[O-])ccc3N3CCCCC3)c(=O)n2[C@H]1c1cccc(OC)c1. The van der Waals surface area contributed by atoms with E-state index in [9.17, 15) is 19.7 Å². The van der Waals surface area contributed by atoms with Crippen LogP contribution in [0.4, 0.5) is 11.4 Å². The van der Waals surface area contributed by atoms with E-state index in [-0.39, 0.29) is 23.4 Å². The summed E-state index contributed by atoms with van der Waals surface area (Å²) in [5.41, 5.74) is 2.47. The van der Waals surface area contributed by atoms with Gasteiger partial charge in [-0.25, -0.2) is 9.79 Å². The Balaban J connectivity index is 1.72. The molecule has 3 heterocycles. The summed E-state index contributed by atoms with van der Waals surface area (Å²) >= 11 is 1.19. The number of nitrogens with zero attached hydrogens (tertiary/aromatic N) is 4. The van der Waals surface area contributed by atoms with Crippen molar-refractivity contribution in [3.8, 4) is 5.75 Å². The first kappa shape index (κ1) is 27.3. The largest absolute Gasteiger partial charge is 0.497 e. The predicted molar refractivity (Wildman–Crippen MR) is 153 cm³/mol. The molecule has 2 aliphatic heterocycles. The van der Waals surface area contributed by atoms with Gasteiger partial charge >= 0.3 is 5.97 Å². The van der Waals surface area contributed by atoms with Gasteiger partial charge in [-0.15, -0.1) is 0 Å². The molecule has 3 aromatic rings. The maximum Gasteiger partial charge on any atom is 0.338 e. The molecule has 1 fully saturated rings. The van der Waals surface area contributed by atoms with E-state index in [1.165, 1.54) is 28.0 Å². The standard InChI is InChI=1S/C29H30N4O6S/c1-4-39-28(35)25-18(2)30-29-32(26(25)19-9-8-10-22(16-19)38-3)27(34)24(40-29)17-20-15-21(33(36)37)11-12-23(20)31-13-6-5-7-14-31/h8-12,15-17,26H,4-7,13-14H2,1-3H3/b24-17+/t26-/m0/s1. The van der Waals surface area contributed by atoms with Gasteiger partial charge in [0.15, 0.2) is 4.80 Å². The van der Waals surface area contributed by atoms with Crippen molar-refractivity contribution in [1.82, 2.24) is 4.57 Å². The lowest BCUT2D eigenvalue weighted by Gasteiger charge is -2.30. The minimum Gasteiger partial charge on any atom is -0.497 e. The summed E-state index contributed by atoms with van der Waals surface area (Å²) in [6, 6.07) is 11.2. The lowest BCUT2D eigenvalue weighted by Crippen LogP contribution is -2.40. The number of non-ortho nitro benzene ring substituents is 1. The molecule has 10 nitrogen and oxygen atoms in total. The van der Waals surface area contributed by atoms with Gasteiger partial charge in [-0.1, -0.05) is 23.5 Å². The number of piperidine rings is 1. The average molecular weight is 563 g/mol. The van der Waals surface area contributed by atoms with Crippen molar-refractivity contribution in [3.05, 3.63) is 94.7 Å². The molecular formula is C29H30N4O6S. The van der Waals surface area contributed by atoms with E-state index in [4.69, 9.17) is 9.47 Å². The van der Waals surface area contributed by atoms with Crippen LogP contribution in [-0.4, -0.2) is 42.3 Å². The van der Waals surface area contributed by atoms with Gasteiger partial charge in [0, 0.05) is 36.5 Å². The molecule has 0 bridgehead atoms. The number of anilines is 1. The molecule has 0 aliphatic carbocycles. The first-order chi connectivity index (χ1) is 19.3. The third-order valence-electron chi connectivity index (χ3n) is 7.13. The van der Waals surface area contributed by atoms with Crippen molar-refractivity contribution >= 4 is 34.8 Å². The number of ether oxygens (including phenoxy) is 2. The summed E-state index contributed by atoms with van der Waals surface area (Å²) in [6.07, 6.45) is 4.92. The highest BCUT2D eigenvalue weighted by Crippen LogP contribution is 2.33. The van der Waals surface area contributed by atoms with Crippen LogP contribution in [0, 0.1) is 10.1 Å². The molecule has 0 amide bonds. The minimum atomic E-state index is -0.778. The molecule has 2 aliphatic rings. The van der Waals surface area contributed by atoms with Gasteiger partial charge in [0.25, 0.3) is 11.2 Å². The maximum atomic E-state index is 14.0. The van der Waals surface area contributed by atoms with E-state index < -0.39 is 16.9 Å². The molecule has 1 atom stereocenters. The van der Waals surface area contributed by atoms with Gasteiger partial charge in [0.1, 0.15) is 5.75 Å². The predicted octanol–water partition coefficient (Wildman–Crippen LogP) is 3.71. The molecule has 208 valence electrons. The first-order valence-electron chi connectivity index (χ1n) is 13.2. The third kappa shape index (κ3) is 5.16. The van der Waals surface area contributed by atoms with E-state index >= 15 is 0 Å². The van der Waals surface area contributed by atoms with Crippen LogP contribution in [-0.2, 0) is 9.53 Å². The quantitative estimate of drug-likeness (QED) is 0.245. The number of methoxy groups -OCH3 is 1. The van der Waals surface area contributed by atoms with Crippen molar-refractivity contribution in [2.24, 2.45) is 4.99 Å². The third-order valence-corrected chi connectivity index (χ3v) is 8.11. The molecule has 2 aromatic carbocycles. The van der Waals surface area contributed by atoms with Crippen LogP contribution in [0.15, 0.2) is 63.5 Å². The van der Waals surface area contributed by atoms with Crippen LogP contribution in [0.2, 0.25) is 0 Å². The number of carbonyl (C=O) groups is 1. The van der Waals surface area contributed by atoms with Crippen LogP contribution in [0.25, 0.3) is 6.08 Å². The Bertz CT molecular complexity index is 1680. The van der Waals surface area contributed by atoms with Crippen molar-refractivity contribution in [2.75, 3.05) is 31.7 Å². The molecule has 0 saturated carbocycles. The summed E-state index contributed by atoms with van der Waals surface area (Å²) < 4.78 is 12.6. The summed E-state index contributed by atoms with van der Waals surface area (Å²) in [5, 5.41) is 11.6. The Morgan fingerprint density at radius 1 is 1.20 bits per heavy atom. The topological polar surface area (TPSA) is 116 Å². The molecular weight excluding hydrogens is 532 g/mol. The summed E-state index contributed by atoms with van der Waals surface area (Å²) in [5.74, 6) is 0.0391. The molecule has 11 heteroatoms. The van der Waals surface area contributed by atoms with Gasteiger partial charge in [-0.2, -0.15) is 0 Å². The fraction of sp³-hybridized carbons (Fsp3) is 0.345. The van der Waals surface area contributed by atoms with Crippen molar-refractivity contribution < 1.29 is 19.2 Å². The van der Waals surface area contributed by atoms with Gasteiger partial charge in [0.2, 0.25) is 0 Å². The van der Waals surface area contributed by atoms with Crippen LogP contribution in [0.1, 0.15) is 50.3 Å².